The molecule has 0 spiro atoms. The Morgan fingerprint density at radius 1 is 1.29 bits per heavy atom. The fourth-order valence-corrected chi connectivity index (χ4v) is 3.03. The van der Waals surface area contributed by atoms with Crippen molar-refractivity contribution in [2.45, 2.75) is 18.2 Å². The van der Waals surface area contributed by atoms with Crippen LogP contribution in [0, 0.1) is 6.92 Å². The first-order valence-electron chi connectivity index (χ1n) is 6.31. The summed E-state index contributed by atoms with van der Waals surface area (Å²) in [4.78, 5) is 13.0. The minimum atomic E-state index is -3.66. The van der Waals surface area contributed by atoms with E-state index >= 15 is 0 Å². The summed E-state index contributed by atoms with van der Waals surface area (Å²) in [5.74, 6) is -0.0968. The van der Waals surface area contributed by atoms with Crippen molar-refractivity contribution in [3.05, 3.63) is 51.7 Å². The third-order valence-electron chi connectivity index (χ3n) is 2.94. The van der Waals surface area contributed by atoms with Gasteiger partial charge in [0.2, 0.25) is 10.0 Å². The van der Waals surface area contributed by atoms with Gasteiger partial charge in [-0.05, 0) is 37.1 Å². The van der Waals surface area contributed by atoms with E-state index in [0.717, 1.165) is 10.4 Å². The second-order valence-corrected chi connectivity index (χ2v) is 7.32. The lowest BCUT2D eigenvalue weighted by Crippen LogP contribution is -2.25. The number of carbonyl (C=O) groups is 1. The Kier molecular flexibility index (Phi) is 4.76. The van der Waals surface area contributed by atoms with Gasteiger partial charge in [0.25, 0.3) is 5.91 Å². The zero-order chi connectivity index (χ0) is 15.5. The van der Waals surface area contributed by atoms with Crippen LogP contribution in [0.3, 0.4) is 0 Å². The van der Waals surface area contributed by atoms with E-state index < -0.39 is 10.0 Å². The number of primary sulfonamides is 1. The normalized spacial score (nSPS) is 11.3. The molecule has 3 N–H and O–H groups in total. The molecule has 1 amide bonds. The van der Waals surface area contributed by atoms with Gasteiger partial charge in [0.15, 0.2) is 0 Å². The van der Waals surface area contributed by atoms with Crippen LogP contribution in [0.2, 0.25) is 0 Å². The van der Waals surface area contributed by atoms with E-state index in [1.165, 1.54) is 23.5 Å². The first-order valence-corrected chi connectivity index (χ1v) is 8.74. The summed E-state index contributed by atoms with van der Waals surface area (Å²) >= 11 is 1.54. The molecule has 7 heteroatoms. The number of aryl methyl sites for hydroxylation is 1. The number of sulfonamides is 1. The lowest BCUT2D eigenvalue weighted by molar-refractivity contribution is 0.0954. The zero-order valence-electron chi connectivity index (χ0n) is 11.5. The van der Waals surface area contributed by atoms with Gasteiger partial charge in [-0.25, -0.2) is 13.6 Å². The monoisotopic (exact) mass is 324 g/mol. The lowest BCUT2D eigenvalue weighted by atomic mass is 10.1. The van der Waals surface area contributed by atoms with Crippen molar-refractivity contribution in [3.8, 4) is 0 Å². The molecule has 0 fully saturated rings. The molecule has 112 valence electrons. The van der Waals surface area contributed by atoms with Crippen LogP contribution < -0.4 is 10.5 Å². The predicted octanol–water partition coefficient (Wildman–Crippen LogP) is 1.68. The third kappa shape index (κ3) is 4.38. The quantitative estimate of drug-likeness (QED) is 0.877. The number of amides is 1. The van der Waals surface area contributed by atoms with E-state index in [1.807, 2.05) is 18.4 Å². The maximum atomic E-state index is 11.8. The van der Waals surface area contributed by atoms with Gasteiger partial charge in [-0.1, -0.05) is 12.1 Å². The van der Waals surface area contributed by atoms with Crippen molar-refractivity contribution < 1.29 is 13.2 Å². The molecule has 21 heavy (non-hydrogen) atoms. The second-order valence-electron chi connectivity index (χ2n) is 4.64. The standard InChI is InChI=1S/C14H16N2O3S2/c1-10-8-12(9-20-10)14(17)16-7-6-11-2-4-13(5-3-11)21(15,18)19/h2-5,8-9H,6-7H2,1H3,(H,16,17)(H2,15,18,19). The van der Waals surface area contributed by atoms with E-state index in [9.17, 15) is 13.2 Å². The molecule has 5 nitrogen and oxygen atoms in total. The Labute approximate surface area is 127 Å². The topological polar surface area (TPSA) is 89.3 Å². The number of benzene rings is 1. The van der Waals surface area contributed by atoms with Crippen molar-refractivity contribution in [3.63, 3.8) is 0 Å². The fourth-order valence-electron chi connectivity index (χ4n) is 1.83. The first kappa shape index (κ1) is 15.7. The predicted molar refractivity (Wildman–Crippen MR) is 82.9 cm³/mol. The molecule has 0 unspecified atom stereocenters. The van der Waals surface area contributed by atoms with Gasteiger partial charge in [0, 0.05) is 16.8 Å². The highest BCUT2D eigenvalue weighted by atomic mass is 32.2. The SMILES string of the molecule is Cc1cc(C(=O)NCCc2ccc(S(N)(=O)=O)cc2)cs1. The number of nitrogens with two attached hydrogens (primary N) is 1. The Bertz CT molecular complexity index is 734. The highest BCUT2D eigenvalue weighted by Gasteiger charge is 2.08. The van der Waals surface area contributed by atoms with E-state index in [0.29, 0.717) is 18.5 Å². The Morgan fingerprint density at radius 3 is 2.48 bits per heavy atom. The molecule has 0 saturated carbocycles. The molecule has 0 aliphatic rings. The van der Waals surface area contributed by atoms with Gasteiger partial charge in [-0.15, -0.1) is 11.3 Å². The van der Waals surface area contributed by atoms with Gasteiger partial charge in [0.1, 0.15) is 0 Å². The van der Waals surface area contributed by atoms with Crippen LogP contribution in [-0.2, 0) is 16.4 Å². The summed E-state index contributed by atoms with van der Waals surface area (Å²) < 4.78 is 22.3. The first-order chi connectivity index (χ1) is 9.86. The molecule has 1 aromatic heterocycles. The van der Waals surface area contributed by atoms with Crippen molar-refractivity contribution in [1.29, 1.82) is 0 Å². The molecule has 0 saturated heterocycles. The smallest absolute Gasteiger partial charge is 0.252 e. The van der Waals surface area contributed by atoms with E-state index in [2.05, 4.69) is 5.32 Å². The van der Waals surface area contributed by atoms with Gasteiger partial charge in [0.05, 0.1) is 10.5 Å². The average molecular weight is 324 g/mol. The highest BCUT2D eigenvalue weighted by molar-refractivity contribution is 7.89. The number of carbonyl (C=O) groups excluding carboxylic acids is 1. The molecule has 0 bridgehead atoms. The Balaban J connectivity index is 1.88. The van der Waals surface area contributed by atoms with Crippen LogP contribution in [0.25, 0.3) is 0 Å². The molecule has 0 aliphatic heterocycles. The van der Waals surface area contributed by atoms with Crippen LogP contribution in [0.15, 0.2) is 40.6 Å². The van der Waals surface area contributed by atoms with Gasteiger partial charge in [-0.3, -0.25) is 4.79 Å². The van der Waals surface area contributed by atoms with Crippen LogP contribution in [0.4, 0.5) is 0 Å². The minimum Gasteiger partial charge on any atom is -0.352 e. The largest absolute Gasteiger partial charge is 0.352 e. The molecular weight excluding hydrogens is 308 g/mol. The maximum Gasteiger partial charge on any atom is 0.252 e. The number of hydrogen-bond donors (Lipinski definition) is 2. The Morgan fingerprint density at radius 2 is 1.95 bits per heavy atom. The minimum absolute atomic E-state index is 0.0871. The number of nitrogens with one attached hydrogen (secondary N) is 1. The van der Waals surface area contributed by atoms with Crippen molar-refractivity contribution in [2.24, 2.45) is 5.14 Å². The summed E-state index contributed by atoms with van der Waals surface area (Å²) in [6.45, 7) is 2.44. The van der Waals surface area contributed by atoms with E-state index in [1.54, 1.807) is 12.1 Å². The summed E-state index contributed by atoms with van der Waals surface area (Å²) in [5, 5.41) is 9.68. The highest BCUT2D eigenvalue weighted by Crippen LogP contribution is 2.13. The fraction of sp³-hybridized carbons (Fsp3) is 0.214. The lowest BCUT2D eigenvalue weighted by Gasteiger charge is -2.05. The van der Waals surface area contributed by atoms with Gasteiger partial charge >= 0.3 is 0 Å². The Hall–Kier alpha value is -1.70. The van der Waals surface area contributed by atoms with E-state index in [4.69, 9.17) is 5.14 Å². The zero-order valence-corrected chi connectivity index (χ0v) is 13.1. The average Bonchev–Trinajstić information content (AvgIpc) is 2.85. The summed E-state index contributed by atoms with van der Waals surface area (Å²) in [5.41, 5.74) is 1.60. The molecule has 1 heterocycles. The van der Waals surface area contributed by atoms with Crippen molar-refractivity contribution in [1.82, 2.24) is 5.32 Å². The number of rotatable bonds is 5. The molecule has 2 rings (SSSR count). The summed E-state index contributed by atoms with van der Waals surface area (Å²) in [6.07, 6.45) is 0.625. The number of thiophene rings is 1. The summed E-state index contributed by atoms with van der Waals surface area (Å²) in [6, 6.07) is 8.17. The van der Waals surface area contributed by atoms with Gasteiger partial charge in [-0.2, -0.15) is 0 Å². The second kappa shape index (κ2) is 6.38. The van der Waals surface area contributed by atoms with Gasteiger partial charge < -0.3 is 5.32 Å². The third-order valence-corrected chi connectivity index (χ3v) is 4.73. The summed E-state index contributed by atoms with van der Waals surface area (Å²) in [7, 11) is -3.66. The molecule has 0 radical (unpaired) electrons. The molecule has 2 aromatic rings. The van der Waals surface area contributed by atoms with E-state index in [-0.39, 0.29) is 10.8 Å². The van der Waals surface area contributed by atoms with Crippen LogP contribution in [0.1, 0.15) is 20.8 Å². The number of hydrogen-bond acceptors (Lipinski definition) is 4. The van der Waals surface area contributed by atoms with Crippen molar-refractivity contribution >= 4 is 27.3 Å². The maximum absolute atomic E-state index is 11.8. The molecule has 1 aromatic carbocycles. The van der Waals surface area contributed by atoms with Crippen molar-refractivity contribution in [2.75, 3.05) is 6.54 Å². The van der Waals surface area contributed by atoms with Crippen LogP contribution in [-0.4, -0.2) is 20.9 Å². The molecule has 0 aliphatic carbocycles. The van der Waals surface area contributed by atoms with Crippen LogP contribution in [0.5, 0.6) is 0 Å². The molecular formula is C14H16N2O3S2. The molecule has 0 atom stereocenters. The van der Waals surface area contributed by atoms with Crippen LogP contribution >= 0.6 is 11.3 Å².